The third-order valence-corrected chi connectivity index (χ3v) is 6.87. The number of aromatic nitrogens is 5. The van der Waals surface area contributed by atoms with E-state index >= 15 is 0 Å². The highest BCUT2D eigenvalue weighted by Gasteiger charge is 2.20. The molecule has 0 aliphatic heterocycles. The maximum atomic E-state index is 12.4. The number of hydrogen-bond donors (Lipinski definition) is 2. The summed E-state index contributed by atoms with van der Waals surface area (Å²) in [6, 6.07) is 16.9. The van der Waals surface area contributed by atoms with Gasteiger partial charge in [0, 0.05) is 47.4 Å². The number of hydrogen-bond acceptors (Lipinski definition) is 5. The van der Waals surface area contributed by atoms with Crippen LogP contribution in [0.5, 0.6) is 0 Å². The molecule has 0 aliphatic rings. The van der Waals surface area contributed by atoms with E-state index < -0.39 is 0 Å². The molecule has 34 heavy (non-hydrogen) atoms. The molecule has 5 rings (SSSR count). The molecule has 3 aromatic heterocycles. The van der Waals surface area contributed by atoms with Gasteiger partial charge in [-0.2, -0.15) is 16.6 Å². The van der Waals surface area contributed by atoms with Crippen LogP contribution in [0.4, 0.5) is 0 Å². The van der Waals surface area contributed by atoms with Gasteiger partial charge in [0.25, 0.3) is 5.91 Å². The zero-order valence-electron chi connectivity index (χ0n) is 19.2. The van der Waals surface area contributed by atoms with Crippen molar-refractivity contribution in [3.63, 3.8) is 0 Å². The van der Waals surface area contributed by atoms with Gasteiger partial charge in [-0.3, -0.25) is 4.79 Å². The van der Waals surface area contributed by atoms with Crippen LogP contribution in [0.3, 0.4) is 0 Å². The predicted molar refractivity (Wildman–Crippen MR) is 135 cm³/mol. The van der Waals surface area contributed by atoms with E-state index in [4.69, 9.17) is 0 Å². The van der Waals surface area contributed by atoms with Gasteiger partial charge in [-0.15, -0.1) is 10.2 Å². The molecule has 0 aliphatic carbocycles. The Bertz CT molecular complexity index is 1400. The Morgan fingerprint density at radius 1 is 1.09 bits per heavy atom. The number of benzene rings is 2. The van der Waals surface area contributed by atoms with E-state index in [-0.39, 0.29) is 5.91 Å². The number of amides is 1. The molecule has 0 fully saturated rings. The average molecular weight is 471 g/mol. The van der Waals surface area contributed by atoms with E-state index in [2.05, 4.69) is 84.6 Å². The first kappa shape index (κ1) is 22.0. The maximum Gasteiger partial charge on any atom is 0.251 e. The summed E-state index contributed by atoms with van der Waals surface area (Å²) in [5, 5.41) is 22.7. The maximum absolute atomic E-state index is 12.4. The number of tetrazole rings is 1. The highest BCUT2D eigenvalue weighted by Crippen LogP contribution is 2.36. The van der Waals surface area contributed by atoms with Crippen molar-refractivity contribution in [2.75, 3.05) is 7.05 Å². The van der Waals surface area contributed by atoms with Gasteiger partial charge in [-0.1, -0.05) is 35.0 Å². The van der Waals surface area contributed by atoms with E-state index in [1.165, 1.54) is 27.9 Å². The molecule has 0 atom stereocenters. The third-order valence-electron chi connectivity index (χ3n) is 6.18. The van der Waals surface area contributed by atoms with Crippen LogP contribution in [0, 0.1) is 6.92 Å². The second-order valence-corrected chi connectivity index (χ2v) is 9.15. The zero-order chi connectivity index (χ0) is 23.5. The number of rotatable bonds is 8. The lowest BCUT2D eigenvalue weighted by Gasteiger charge is -2.11. The summed E-state index contributed by atoms with van der Waals surface area (Å²) < 4.78 is 2.34. The Morgan fingerprint density at radius 3 is 2.65 bits per heavy atom. The molecule has 0 bridgehead atoms. The number of carbonyl (C=O) groups is 1. The van der Waals surface area contributed by atoms with Gasteiger partial charge in [-0.25, -0.2) is 0 Å². The molecule has 8 heteroatoms. The van der Waals surface area contributed by atoms with E-state index in [1.54, 1.807) is 18.4 Å². The normalized spacial score (nSPS) is 11.2. The molecule has 0 saturated carbocycles. The van der Waals surface area contributed by atoms with Crippen LogP contribution in [-0.2, 0) is 25.8 Å². The summed E-state index contributed by atoms with van der Waals surface area (Å²) >= 11 is 1.69. The number of aromatic amines is 1. The fourth-order valence-corrected chi connectivity index (χ4v) is 5.09. The van der Waals surface area contributed by atoms with Crippen molar-refractivity contribution < 1.29 is 4.79 Å². The fourth-order valence-electron chi connectivity index (χ4n) is 4.45. The molecular weight excluding hydrogens is 444 g/mol. The number of carbonyl (C=O) groups excluding carboxylic acids is 1. The Hall–Kier alpha value is -3.78. The smallest absolute Gasteiger partial charge is 0.251 e. The SMILES string of the molecule is CNC(=O)c1ccc2c(c1)c(CCc1ccc(C)cc1)c(-c1ccsc1)n2CCc1nn[nH]n1. The van der Waals surface area contributed by atoms with E-state index in [9.17, 15) is 4.79 Å². The zero-order valence-corrected chi connectivity index (χ0v) is 20.0. The lowest BCUT2D eigenvalue weighted by Crippen LogP contribution is -2.17. The van der Waals surface area contributed by atoms with Crippen molar-refractivity contribution in [3.05, 3.63) is 87.4 Å². The third kappa shape index (κ3) is 4.36. The van der Waals surface area contributed by atoms with Gasteiger partial charge in [0.15, 0.2) is 5.82 Å². The quantitative estimate of drug-likeness (QED) is 0.347. The molecule has 1 amide bonds. The minimum absolute atomic E-state index is 0.0805. The number of H-pyrrole nitrogens is 1. The molecule has 2 N–H and O–H groups in total. The van der Waals surface area contributed by atoms with Gasteiger partial charge >= 0.3 is 0 Å². The first-order chi connectivity index (χ1) is 16.6. The fraction of sp³-hybridized carbons (Fsp3) is 0.231. The minimum Gasteiger partial charge on any atom is -0.355 e. The number of thiophene rings is 1. The van der Waals surface area contributed by atoms with Crippen molar-refractivity contribution >= 4 is 28.1 Å². The minimum atomic E-state index is -0.0805. The van der Waals surface area contributed by atoms with Crippen molar-refractivity contribution in [2.45, 2.75) is 32.7 Å². The van der Waals surface area contributed by atoms with E-state index in [0.29, 0.717) is 24.4 Å². The lowest BCUT2D eigenvalue weighted by atomic mass is 9.98. The molecular formula is C26H26N6OS. The Morgan fingerprint density at radius 2 is 1.94 bits per heavy atom. The molecule has 7 nitrogen and oxygen atoms in total. The second kappa shape index (κ2) is 9.61. The van der Waals surface area contributed by atoms with Crippen molar-refractivity contribution in [1.29, 1.82) is 0 Å². The van der Waals surface area contributed by atoms with Crippen LogP contribution in [0.25, 0.3) is 22.2 Å². The number of aryl methyl sites for hydroxylation is 5. The van der Waals surface area contributed by atoms with Crippen LogP contribution in [0.1, 0.15) is 32.9 Å². The Kier molecular flexibility index (Phi) is 6.22. The summed E-state index contributed by atoms with van der Waals surface area (Å²) in [7, 11) is 1.66. The molecule has 0 radical (unpaired) electrons. The number of fused-ring (bicyclic) bond motifs is 1. The molecule has 2 aromatic carbocycles. The van der Waals surface area contributed by atoms with Crippen LogP contribution < -0.4 is 5.32 Å². The van der Waals surface area contributed by atoms with Crippen LogP contribution in [0.2, 0.25) is 0 Å². The summed E-state index contributed by atoms with van der Waals surface area (Å²) in [5.41, 5.74) is 7.98. The first-order valence-corrected chi connectivity index (χ1v) is 12.3. The number of nitrogens with one attached hydrogen (secondary N) is 2. The molecule has 3 heterocycles. The van der Waals surface area contributed by atoms with E-state index in [0.717, 1.165) is 23.7 Å². The highest BCUT2D eigenvalue weighted by atomic mass is 32.1. The molecule has 172 valence electrons. The standard InChI is InChI=1S/C26H26N6OS/c1-17-3-5-18(6-4-17)7-9-21-22-15-19(26(33)27-2)8-10-23(22)32(13-11-24-28-30-31-29-24)25(21)20-12-14-34-16-20/h3-6,8,10,12,14-16H,7,9,11,13H2,1-2H3,(H,27,33)(H,28,29,30,31). The Balaban J connectivity index is 1.64. The number of nitrogens with zero attached hydrogens (tertiary/aromatic N) is 4. The van der Waals surface area contributed by atoms with E-state index in [1.807, 2.05) is 12.1 Å². The second-order valence-electron chi connectivity index (χ2n) is 8.37. The largest absolute Gasteiger partial charge is 0.355 e. The first-order valence-electron chi connectivity index (χ1n) is 11.3. The average Bonchev–Trinajstić information content (AvgIpc) is 3.62. The van der Waals surface area contributed by atoms with Crippen molar-refractivity contribution in [3.8, 4) is 11.3 Å². The summed E-state index contributed by atoms with van der Waals surface area (Å²) in [6.45, 7) is 2.82. The van der Waals surface area contributed by atoms with Crippen LogP contribution >= 0.6 is 11.3 Å². The van der Waals surface area contributed by atoms with Gasteiger partial charge in [0.1, 0.15) is 0 Å². The van der Waals surface area contributed by atoms with Gasteiger partial charge in [0.2, 0.25) is 0 Å². The van der Waals surface area contributed by atoms with Crippen LogP contribution in [-0.4, -0.2) is 38.1 Å². The monoisotopic (exact) mass is 470 g/mol. The summed E-state index contributed by atoms with van der Waals surface area (Å²) in [4.78, 5) is 12.4. The summed E-state index contributed by atoms with van der Waals surface area (Å²) in [5.74, 6) is 0.601. The lowest BCUT2D eigenvalue weighted by molar-refractivity contribution is 0.0963. The van der Waals surface area contributed by atoms with Gasteiger partial charge in [0.05, 0.1) is 5.69 Å². The highest BCUT2D eigenvalue weighted by molar-refractivity contribution is 7.08. The van der Waals surface area contributed by atoms with Crippen LogP contribution in [0.15, 0.2) is 59.3 Å². The predicted octanol–water partition coefficient (Wildman–Crippen LogP) is 4.58. The van der Waals surface area contributed by atoms with Crippen molar-refractivity contribution in [2.24, 2.45) is 0 Å². The van der Waals surface area contributed by atoms with Crippen molar-refractivity contribution in [1.82, 2.24) is 30.5 Å². The van der Waals surface area contributed by atoms with Gasteiger partial charge in [-0.05, 0) is 60.5 Å². The Labute approximate surface area is 201 Å². The molecule has 0 saturated heterocycles. The molecule has 0 unspecified atom stereocenters. The topological polar surface area (TPSA) is 88.5 Å². The molecule has 5 aromatic rings. The summed E-state index contributed by atoms with van der Waals surface area (Å²) in [6.07, 6.45) is 2.45. The van der Waals surface area contributed by atoms with Gasteiger partial charge < -0.3 is 9.88 Å². The molecule has 0 spiro atoms.